The molecule has 6 nitrogen and oxygen atoms in total. The van der Waals surface area contributed by atoms with Crippen LogP contribution in [0.3, 0.4) is 0 Å². The summed E-state index contributed by atoms with van der Waals surface area (Å²) >= 11 is 0. The number of halogens is 1. The number of hydrogen-bond acceptors (Lipinski definition) is 4. The highest BCUT2D eigenvalue weighted by Gasteiger charge is 2.24. The summed E-state index contributed by atoms with van der Waals surface area (Å²) in [5, 5.41) is 0. The van der Waals surface area contributed by atoms with Crippen molar-refractivity contribution in [3.8, 4) is 0 Å². The molecule has 2 amide bonds. The van der Waals surface area contributed by atoms with Gasteiger partial charge in [-0.2, -0.15) is 0 Å². The van der Waals surface area contributed by atoms with Crippen molar-refractivity contribution in [1.82, 2.24) is 14.7 Å². The van der Waals surface area contributed by atoms with E-state index in [1.165, 1.54) is 11.0 Å². The lowest BCUT2D eigenvalue weighted by molar-refractivity contribution is -0.132. The molecule has 0 unspecified atom stereocenters. The monoisotopic (exact) mass is 337 g/mol. The highest BCUT2D eigenvalue weighted by Crippen LogP contribution is 2.10. The summed E-state index contributed by atoms with van der Waals surface area (Å²) < 4.78 is 18.6. The lowest BCUT2D eigenvalue weighted by atomic mass is 10.2. The maximum Gasteiger partial charge on any atom is 0.409 e. The van der Waals surface area contributed by atoms with Crippen LogP contribution in [-0.4, -0.2) is 73.1 Å². The number of likely N-dealkylation sites (N-methyl/N-ethyl adjacent to an activating group) is 1. The van der Waals surface area contributed by atoms with Gasteiger partial charge in [0.1, 0.15) is 5.82 Å². The van der Waals surface area contributed by atoms with E-state index in [4.69, 9.17) is 4.74 Å². The molecule has 0 N–H and O–H groups in total. The Morgan fingerprint density at radius 2 is 1.88 bits per heavy atom. The number of ether oxygens (including phenoxy) is 1. The van der Waals surface area contributed by atoms with Crippen LogP contribution in [-0.2, 0) is 16.1 Å². The first-order chi connectivity index (χ1) is 11.5. The third-order valence-electron chi connectivity index (χ3n) is 4.05. The van der Waals surface area contributed by atoms with Gasteiger partial charge in [-0.3, -0.25) is 9.69 Å². The Morgan fingerprint density at radius 1 is 1.21 bits per heavy atom. The molecule has 0 saturated carbocycles. The number of carbonyl (C=O) groups excluding carboxylic acids is 2. The molecule has 2 rings (SSSR count). The number of hydrogen-bond donors (Lipinski definition) is 0. The summed E-state index contributed by atoms with van der Waals surface area (Å²) in [5.41, 5.74) is 0.500. The van der Waals surface area contributed by atoms with Crippen molar-refractivity contribution in [2.24, 2.45) is 0 Å². The second-order valence-corrected chi connectivity index (χ2v) is 5.80. The molecule has 132 valence electrons. The van der Waals surface area contributed by atoms with Crippen molar-refractivity contribution in [3.63, 3.8) is 0 Å². The van der Waals surface area contributed by atoms with Gasteiger partial charge in [-0.1, -0.05) is 18.2 Å². The Morgan fingerprint density at radius 3 is 2.50 bits per heavy atom. The van der Waals surface area contributed by atoms with E-state index in [1.54, 1.807) is 37.1 Å². The SMILES string of the molecule is CCOC(=O)N1CCN(CC(=O)N(C)Cc2ccccc2F)CC1. The number of rotatable bonds is 5. The first-order valence-corrected chi connectivity index (χ1v) is 8.12. The van der Waals surface area contributed by atoms with Gasteiger partial charge in [0.05, 0.1) is 13.2 Å². The molecule has 1 fully saturated rings. The van der Waals surface area contributed by atoms with Gasteiger partial charge in [-0.15, -0.1) is 0 Å². The van der Waals surface area contributed by atoms with E-state index < -0.39 is 0 Å². The van der Waals surface area contributed by atoms with Gasteiger partial charge >= 0.3 is 6.09 Å². The molecule has 0 aromatic heterocycles. The van der Waals surface area contributed by atoms with Gasteiger partial charge in [-0.25, -0.2) is 9.18 Å². The zero-order chi connectivity index (χ0) is 17.5. The van der Waals surface area contributed by atoms with E-state index >= 15 is 0 Å². The maximum absolute atomic E-state index is 13.7. The minimum absolute atomic E-state index is 0.0668. The third kappa shape index (κ3) is 4.92. The molecule has 1 saturated heterocycles. The van der Waals surface area contributed by atoms with E-state index in [0.717, 1.165) is 0 Å². The quantitative estimate of drug-likeness (QED) is 0.818. The van der Waals surface area contributed by atoms with Crippen LogP contribution >= 0.6 is 0 Å². The predicted octanol–water partition coefficient (Wildman–Crippen LogP) is 1.56. The van der Waals surface area contributed by atoms with Gasteiger partial charge in [-0.05, 0) is 13.0 Å². The number of amides is 2. The molecule has 24 heavy (non-hydrogen) atoms. The predicted molar refractivity (Wildman–Crippen MR) is 87.9 cm³/mol. The number of benzene rings is 1. The minimum atomic E-state index is -0.305. The van der Waals surface area contributed by atoms with Crippen molar-refractivity contribution in [3.05, 3.63) is 35.6 Å². The van der Waals surface area contributed by atoms with Gasteiger partial charge in [0.15, 0.2) is 0 Å². The van der Waals surface area contributed by atoms with Crippen LogP contribution in [0, 0.1) is 5.82 Å². The van der Waals surface area contributed by atoms with Crippen molar-refractivity contribution in [2.45, 2.75) is 13.5 Å². The summed E-state index contributed by atoms with van der Waals surface area (Å²) in [6.07, 6.45) is -0.305. The van der Waals surface area contributed by atoms with E-state index in [9.17, 15) is 14.0 Å². The lowest BCUT2D eigenvalue weighted by Crippen LogP contribution is -2.51. The summed E-state index contributed by atoms with van der Waals surface area (Å²) in [4.78, 5) is 29.1. The van der Waals surface area contributed by atoms with Gasteiger partial charge in [0, 0.05) is 45.3 Å². The van der Waals surface area contributed by atoms with E-state index in [-0.39, 0.29) is 30.9 Å². The smallest absolute Gasteiger partial charge is 0.409 e. The summed E-state index contributed by atoms with van der Waals surface area (Å²) in [6, 6.07) is 6.45. The van der Waals surface area contributed by atoms with Crippen molar-refractivity contribution < 1.29 is 18.7 Å². The molecule has 7 heteroatoms. The highest BCUT2D eigenvalue weighted by molar-refractivity contribution is 5.78. The molecule has 0 aliphatic carbocycles. The van der Waals surface area contributed by atoms with Gasteiger partial charge < -0.3 is 14.5 Å². The van der Waals surface area contributed by atoms with Crippen molar-refractivity contribution in [1.29, 1.82) is 0 Å². The summed E-state index contributed by atoms with van der Waals surface area (Å²) in [7, 11) is 1.67. The first-order valence-electron chi connectivity index (χ1n) is 8.12. The Labute approximate surface area is 141 Å². The zero-order valence-electron chi connectivity index (χ0n) is 14.2. The fourth-order valence-corrected chi connectivity index (χ4v) is 2.59. The van der Waals surface area contributed by atoms with Crippen molar-refractivity contribution in [2.75, 3.05) is 46.4 Å². The largest absolute Gasteiger partial charge is 0.450 e. The maximum atomic E-state index is 13.7. The number of carbonyl (C=O) groups is 2. The molecule has 1 aromatic rings. The van der Waals surface area contributed by atoms with Crippen LogP contribution in [0.25, 0.3) is 0 Å². The molecule has 0 radical (unpaired) electrons. The topological polar surface area (TPSA) is 53.1 Å². The molecule has 1 aromatic carbocycles. The minimum Gasteiger partial charge on any atom is -0.450 e. The highest BCUT2D eigenvalue weighted by atomic mass is 19.1. The lowest BCUT2D eigenvalue weighted by Gasteiger charge is -2.34. The van der Waals surface area contributed by atoms with Crippen LogP contribution in [0.4, 0.5) is 9.18 Å². The molecule has 1 aliphatic heterocycles. The summed E-state index contributed by atoms with van der Waals surface area (Å²) in [5.74, 6) is -0.372. The van der Waals surface area contributed by atoms with E-state index in [2.05, 4.69) is 0 Å². The Kier molecular flexibility index (Phi) is 6.54. The molecule has 1 heterocycles. The fourth-order valence-electron chi connectivity index (χ4n) is 2.59. The van der Waals surface area contributed by atoms with E-state index in [0.29, 0.717) is 38.3 Å². The molecular formula is C17H24FN3O3. The molecule has 0 atom stereocenters. The number of nitrogens with zero attached hydrogens (tertiary/aromatic N) is 3. The van der Waals surface area contributed by atoms with Gasteiger partial charge in [0.2, 0.25) is 5.91 Å². The second kappa shape index (κ2) is 8.63. The fraction of sp³-hybridized carbons (Fsp3) is 0.529. The zero-order valence-corrected chi connectivity index (χ0v) is 14.2. The van der Waals surface area contributed by atoms with Crippen molar-refractivity contribution >= 4 is 12.0 Å². The molecular weight excluding hydrogens is 313 g/mol. The second-order valence-electron chi connectivity index (χ2n) is 5.80. The van der Waals surface area contributed by atoms with Crippen LogP contribution < -0.4 is 0 Å². The number of piperazine rings is 1. The molecule has 0 bridgehead atoms. The Hall–Kier alpha value is -2.15. The first kappa shape index (κ1) is 18.2. The summed E-state index contributed by atoms with van der Waals surface area (Å²) in [6.45, 7) is 4.98. The van der Waals surface area contributed by atoms with E-state index in [1.807, 2.05) is 4.90 Å². The van der Waals surface area contributed by atoms with Crippen LogP contribution in [0.5, 0.6) is 0 Å². The van der Waals surface area contributed by atoms with Crippen LogP contribution in [0.1, 0.15) is 12.5 Å². The average molecular weight is 337 g/mol. The van der Waals surface area contributed by atoms with Gasteiger partial charge in [0.25, 0.3) is 0 Å². The normalized spacial score (nSPS) is 15.2. The third-order valence-corrected chi connectivity index (χ3v) is 4.05. The van der Waals surface area contributed by atoms with Crippen LogP contribution in [0.15, 0.2) is 24.3 Å². The molecule has 1 aliphatic rings. The average Bonchev–Trinajstić information content (AvgIpc) is 2.57. The standard InChI is InChI=1S/C17H24FN3O3/c1-3-24-17(23)21-10-8-20(9-11-21)13-16(22)19(2)12-14-6-4-5-7-15(14)18/h4-7H,3,8-13H2,1-2H3. The van der Waals surface area contributed by atoms with Crippen LogP contribution in [0.2, 0.25) is 0 Å². The molecule has 0 spiro atoms. The Bertz CT molecular complexity index is 574. The Balaban J connectivity index is 1.79.